The summed E-state index contributed by atoms with van der Waals surface area (Å²) in [6.45, 7) is 8.24. The molecule has 1 rings (SSSR count). The van der Waals surface area contributed by atoms with E-state index in [2.05, 4.69) is 34.4 Å². The minimum Gasteiger partial charge on any atom is -0.370 e. The normalized spacial score (nSPS) is 10.3. The molecule has 0 atom stereocenters. The number of aryl methyl sites for hydroxylation is 1. The van der Waals surface area contributed by atoms with Crippen molar-refractivity contribution in [3.8, 4) is 0 Å². The van der Waals surface area contributed by atoms with Crippen LogP contribution in [0.1, 0.15) is 45.4 Å². The van der Waals surface area contributed by atoms with Crippen LogP contribution < -0.4 is 10.6 Å². The van der Waals surface area contributed by atoms with Crippen LogP contribution in [0.5, 0.6) is 0 Å². The minimum absolute atomic E-state index is 0.811. The van der Waals surface area contributed by atoms with E-state index >= 15 is 0 Å². The summed E-state index contributed by atoms with van der Waals surface area (Å²) in [6, 6.07) is 1.98. The lowest BCUT2D eigenvalue weighted by molar-refractivity contribution is 0.823. The van der Waals surface area contributed by atoms with Crippen molar-refractivity contribution in [1.82, 2.24) is 9.97 Å². The Labute approximate surface area is 104 Å². The first-order valence-corrected chi connectivity index (χ1v) is 6.59. The number of nitrogens with one attached hydrogen (secondary N) is 2. The molecule has 0 aliphatic carbocycles. The van der Waals surface area contributed by atoms with Gasteiger partial charge in [-0.05, 0) is 19.8 Å². The van der Waals surface area contributed by atoms with Crippen molar-refractivity contribution >= 4 is 11.6 Å². The van der Waals surface area contributed by atoms with Crippen molar-refractivity contribution in [2.45, 2.75) is 46.5 Å². The topological polar surface area (TPSA) is 49.8 Å². The number of hydrogen-bond acceptors (Lipinski definition) is 4. The fraction of sp³-hybridized carbons (Fsp3) is 0.692. The largest absolute Gasteiger partial charge is 0.370 e. The zero-order valence-electron chi connectivity index (χ0n) is 11.2. The highest BCUT2D eigenvalue weighted by atomic mass is 15.1. The van der Waals surface area contributed by atoms with E-state index in [4.69, 9.17) is 0 Å². The van der Waals surface area contributed by atoms with Crippen molar-refractivity contribution in [3.63, 3.8) is 0 Å². The average Bonchev–Trinajstić information content (AvgIpc) is 2.29. The van der Waals surface area contributed by atoms with Gasteiger partial charge in [-0.15, -0.1) is 0 Å². The third kappa shape index (κ3) is 5.52. The molecule has 0 amide bonds. The van der Waals surface area contributed by atoms with Gasteiger partial charge in [0.1, 0.15) is 17.5 Å². The Balaban J connectivity index is 2.53. The summed E-state index contributed by atoms with van der Waals surface area (Å²) in [7, 11) is 0. The van der Waals surface area contributed by atoms with Gasteiger partial charge in [0.25, 0.3) is 0 Å². The van der Waals surface area contributed by atoms with Crippen molar-refractivity contribution in [2.75, 3.05) is 23.7 Å². The van der Waals surface area contributed by atoms with E-state index in [-0.39, 0.29) is 0 Å². The molecule has 0 radical (unpaired) electrons. The number of unbranched alkanes of at least 4 members (excludes halogenated alkanes) is 2. The van der Waals surface area contributed by atoms with Gasteiger partial charge in [0.05, 0.1) is 0 Å². The first-order valence-electron chi connectivity index (χ1n) is 6.59. The average molecular weight is 236 g/mol. The van der Waals surface area contributed by atoms with Gasteiger partial charge in [0.2, 0.25) is 0 Å². The van der Waals surface area contributed by atoms with Gasteiger partial charge in [0, 0.05) is 19.2 Å². The van der Waals surface area contributed by atoms with Crippen molar-refractivity contribution in [1.29, 1.82) is 0 Å². The van der Waals surface area contributed by atoms with Crippen molar-refractivity contribution in [3.05, 3.63) is 11.9 Å². The molecule has 1 aromatic rings. The summed E-state index contributed by atoms with van der Waals surface area (Å²) in [5.74, 6) is 2.65. The van der Waals surface area contributed by atoms with Gasteiger partial charge in [-0.3, -0.25) is 0 Å². The molecule has 96 valence electrons. The standard InChI is InChI=1S/C13H24N4/c1-4-6-8-14-12-10-13(15-9-7-5-2)17-11(3)16-12/h10H,4-9H2,1-3H3,(H2,14,15,16,17). The second-order valence-corrected chi connectivity index (χ2v) is 4.25. The Morgan fingerprint density at radius 1 is 0.941 bits per heavy atom. The van der Waals surface area contributed by atoms with Crippen LogP contribution in [0.25, 0.3) is 0 Å². The van der Waals surface area contributed by atoms with Crippen LogP contribution in [0.2, 0.25) is 0 Å². The van der Waals surface area contributed by atoms with E-state index in [0.29, 0.717) is 0 Å². The van der Waals surface area contributed by atoms with Gasteiger partial charge >= 0.3 is 0 Å². The molecular formula is C13H24N4. The Kier molecular flexibility index (Phi) is 6.37. The van der Waals surface area contributed by atoms with Crippen LogP contribution in [0.3, 0.4) is 0 Å². The lowest BCUT2D eigenvalue weighted by atomic mass is 10.3. The van der Waals surface area contributed by atoms with Gasteiger partial charge in [-0.2, -0.15) is 0 Å². The fourth-order valence-electron chi connectivity index (χ4n) is 1.54. The molecule has 2 N–H and O–H groups in total. The van der Waals surface area contributed by atoms with Crippen LogP contribution in [0.4, 0.5) is 11.6 Å². The molecule has 17 heavy (non-hydrogen) atoms. The van der Waals surface area contributed by atoms with E-state index < -0.39 is 0 Å². The molecule has 0 aliphatic heterocycles. The van der Waals surface area contributed by atoms with Gasteiger partial charge in [-0.25, -0.2) is 9.97 Å². The van der Waals surface area contributed by atoms with Crippen molar-refractivity contribution in [2.24, 2.45) is 0 Å². The monoisotopic (exact) mass is 236 g/mol. The molecule has 0 fully saturated rings. The predicted molar refractivity (Wildman–Crippen MR) is 73.6 cm³/mol. The van der Waals surface area contributed by atoms with Crippen LogP contribution >= 0.6 is 0 Å². The lowest BCUT2D eigenvalue weighted by Gasteiger charge is -2.09. The van der Waals surface area contributed by atoms with Gasteiger partial charge in [-0.1, -0.05) is 26.7 Å². The number of nitrogens with zero attached hydrogens (tertiary/aromatic N) is 2. The third-order valence-electron chi connectivity index (χ3n) is 2.51. The molecule has 1 heterocycles. The predicted octanol–water partition coefficient (Wildman–Crippen LogP) is 3.21. The third-order valence-corrected chi connectivity index (χ3v) is 2.51. The first kappa shape index (κ1) is 13.7. The highest BCUT2D eigenvalue weighted by molar-refractivity contribution is 5.47. The maximum Gasteiger partial charge on any atom is 0.131 e. The second kappa shape index (κ2) is 7.87. The summed E-state index contributed by atoms with van der Waals surface area (Å²) in [6.07, 6.45) is 4.72. The summed E-state index contributed by atoms with van der Waals surface area (Å²) in [5, 5.41) is 6.65. The Morgan fingerprint density at radius 3 is 1.82 bits per heavy atom. The summed E-state index contributed by atoms with van der Waals surface area (Å²) in [5.41, 5.74) is 0. The van der Waals surface area contributed by atoms with Crippen molar-refractivity contribution < 1.29 is 0 Å². The SMILES string of the molecule is CCCCNc1cc(NCCCC)nc(C)n1. The van der Waals surface area contributed by atoms with E-state index in [0.717, 1.165) is 30.5 Å². The number of hydrogen-bond donors (Lipinski definition) is 2. The maximum absolute atomic E-state index is 4.37. The van der Waals surface area contributed by atoms with Crippen LogP contribution in [0, 0.1) is 6.92 Å². The molecule has 0 saturated carbocycles. The minimum atomic E-state index is 0.811. The molecule has 0 bridgehead atoms. The molecule has 1 aromatic heterocycles. The van der Waals surface area contributed by atoms with E-state index in [1.54, 1.807) is 0 Å². The summed E-state index contributed by atoms with van der Waals surface area (Å²) in [4.78, 5) is 8.74. The molecule has 0 aliphatic rings. The molecule has 0 spiro atoms. The van der Waals surface area contributed by atoms with Crippen LogP contribution in [-0.2, 0) is 0 Å². The molecular weight excluding hydrogens is 212 g/mol. The molecule has 0 aromatic carbocycles. The number of rotatable bonds is 8. The number of aromatic nitrogens is 2. The summed E-state index contributed by atoms with van der Waals surface area (Å²) < 4.78 is 0. The Morgan fingerprint density at radius 2 is 1.41 bits per heavy atom. The molecule has 4 nitrogen and oxygen atoms in total. The lowest BCUT2D eigenvalue weighted by Crippen LogP contribution is -2.08. The van der Waals surface area contributed by atoms with E-state index in [9.17, 15) is 0 Å². The van der Waals surface area contributed by atoms with Gasteiger partial charge in [0.15, 0.2) is 0 Å². The zero-order valence-corrected chi connectivity index (χ0v) is 11.2. The zero-order chi connectivity index (χ0) is 12.5. The van der Waals surface area contributed by atoms with E-state index in [1.807, 2.05) is 13.0 Å². The van der Waals surface area contributed by atoms with E-state index in [1.165, 1.54) is 25.7 Å². The highest BCUT2D eigenvalue weighted by Gasteiger charge is 2.00. The summed E-state index contributed by atoms with van der Waals surface area (Å²) >= 11 is 0. The fourth-order valence-corrected chi connectivity index (χ4v) is 1.54. The quantitative estimate of drug-likeness (QED) is 0.680. The highest BCUT2D eigenvalue weighted by Crippen LogP contribution is 2.11. The molecule has 4 heteroatoms. The van der Waals surface area contributed by atoms with Crippen LogP contribution in [0.15, 0.2) is 6.07 Å². The second-order valence-electron chi connectivity index (χ2n) is 4.25. The smallest absolute Gasteiger partial charge is 0.131 e. The number of anilines is 2. The van der Waals surface area contributed by atoms with Gasteiger partial charge < -0.3 is 10.6 Å². The maximum atomic E-state index is 4.37. The Hall–Kier alpha value is -1.32. The molecule has 0 unspecified atom stereocenters. The first-order chi connectivity index (χ1) is 8.26. The van der Waals surface area contributed by atoms with Crippen LogP contribution in [-0.4, -0.2) is 23.1 Å². The Bertz CT molecular complexity index is 297. The molecule has 0 saturated heterocycles.